The average Bonchev–Trinajstić information content (AvgIpc) is 3.61. The number of carboxylic acids is 1. The van der Waals surface area contributed by atoms with Crippen LogP contribution in [0.25, 0.3) is 0 Å². The summed E-state index contributed by atoms with van der Waals surface area (Å²) in [5.74, 6) is -0.0526. The molecule has 10 heteroatoms. The number of hydrogen-bond acceptors (Lipinski definition) is 7. The molecule has 5 rings (SSSR count). The molecule has 2 fully saturated rings. The molecule has 2 aliphatic rings. The first-order valence-corrected chi connectivity index (χ1v) is 17.0. The number of benzene rings is 2. The summed E-state index contributed by atoms with van der Waals surface area (Å²) in [6.45, 7) is 8.97. The number of nitro benzene ring substituents is 1. The number of carbonyl (C=O) groups is 1. The van der Waals surface area contributed by atoms with Crippen LogP contribution in [-0.2, 0) is 17.6 Å². The lowest BCUT2D eigenvalue weighted by atomic mass is 9.87. The van der Waals surface area contributed by atoms with Crippen molar-refractivity contribution in [3.8, 4) is 0 Å². The summed E-state index contributed by atoms with van der Waals surface area (Å²) in [5, 5.41) is 22.0. The molecule has 8 nitrogen and oxygen atoms in total. The lowest BCUT2D eigenvalue weighted by Crippen LogP contribution is -2.47. The van der Waals surface area contributed by atoms with Crippen LogP contribution in [0.1, 0.15) is 85.0 Å². The quantitative estimate of drug-likeness (QED) is 0.167. The smallest absolute Gasteiger partial charge is 0.321 e. The van der Waals surface area contributed by atoms with Gasteiger partial charge >= 0.3 is 5.97 Å². The number of likely N-dealkylation sites (tertiary alicyclic amines) is 1. The van der Waals surface area contributed by atoms with E-state index in [2.05, 4.69) is 16.7 Å². The highest BCUT2D eigenvalue weighted by Gasteiger charge is 2.42. The predicted octanol–water partition coefficient (Wildman–Crippen LogP) is 7.13. The average molecular weight is 637 g/mol. The highest BCUT2D eigenvalue weighted by atomic mass is 32.1. The zero-order chi connectivity index (χ0) is 32.2. The van der Waals surface area contributed by atoms with Gasteiger partial charge in [0.25, 0.3) is 5.69 Å². The van der Waals surface area contributed by atoms with Gasteiger partial charge in [-0.15, -0.1) is 11.3 Å². The third-order valence-electron chi connectivity index (χ3n) is 9.91. The normalized spacial score (nSPS) is 21.9. The molecule has 3 unspecified atom stereocenters. The number of halogens is 1. The van der Waals surface area contributed by atoms with Gasteiger partial charge in [0.15, 0.2) is 0 Å². The number of aromatic nitrogens is 1. The molecule has 2 heterocycles. The molecule has 0 spiro atoms. The zero-order valence-corrected chi connectivity index (χ0v) is 27.5. The summed E-state index contributed by atoms with van der Waals surface area (Å²) in [7, 11) is 1.94. The Kier molecular flexibility index (Phi) is 10.7. The summed E-state index contributed by atoms with van der Waals surface area (Å²) < 4.78 is 14.3. The molecule has 1 aliphatic heterocycles. The third-order valence-corrected chi connectivity index (χ3v) is 11.2. The Morgan fingerprint density at radius 2 is 1.89 bits per heavy atom. The number of nitro groups is 1. The van der Waals surface area contributed by atoms with Gasteiger partial charge in [0, 0.05) is 36.0 Å². The molecule has 0 amide bonds. The number of aliphatic carboxylic acids is 1. The first kappa shape index (κ1) is 33.2. The predicted molar refractivity (Wildman–Crippen MR) is 175 cm³/mol. The number of rotatable bonds is 12. The van der Waals surface area contributed by atoms with E-state index in [1.807, 2.05) is 39.1 Å². The lowest BCUT2D eigenvalue weighted by Gasteiger charge is -2.35. The highest BCUT2D eigenvalue weighted by molar-refractivity contribution is 7.11. The molecular weight excluding hydrogens is 591 g/mol. The fraction of sp³-hybridized carbons (Fsp3) is 0.543. The van der Waals surface area contributed by atoms with E-state index >= 15 is 0 Å². The Bertz CT molecular complexity index is 1470. The molecule has 4 atom stereocenters. The zero-order valence-electron chi connectivity index (χ0n) is 26.7. The van der Waals surface area contributed by atoms with E-state index in [9.17, 15) is 24.4 Å². The third kappa shape index (κ3) is 7.79. The molecule has 1 N–H and O–H groups in total. The Balaban J connectivity index is 1.25. The SMILES string of the molecule is CCc1nc(Cc2ccc([N+](=O)[O-])cc2)sc1C1CCN(CC2CC(N(C)[C@@H](C(=O)O)C(C)C)CC2c2cccc(F)c2)CC1. The standard InChI is InChI=1S/C35H45FN4O4S/c1-5-31-34(45-32(37-31)17-23-9-11-28(12-10-23)40(43)44)24-13-15-39(16-14-24)21-26-19-29(38(4)33(22(2)3)35(41)42)20-30(26)25-7-6-8-27(36)18-25/h6-12,18,22,24,26,29-30,33H,5,13-17,19-21H2,1-4H3,(H,41,42)/t26?,29?,30?,33-/m1/s1. The number of piperidine rings is 1. The lowest BCUT2D eigenvalue weighted by molar-refractivity contribution is -0.384. The molecule has 1 aromatic heterocycles. The first-order chi connectivity index (χ1) is 21.5. The molecule has 3 aromatic rings. The number of carboxylic acid groups (broad SMARTS) is 1. The van der Waals surface area contributed by atoms with E-state index in [-0.39, 0.29) is 34.3 Å². The number of likely N-dealkylation sites (N-methyl/N-ethyl adjacent to an activating group) is 1. The second-order valence-electron chi connectivity index (χ2n) is 13.2. The molecule has 45 heavy (non-hydrogen) atoms. The van der Waals surface area contributed by atoms with Crippen molar-refractivity contribution in [1.29, 1.82) is 0 Å². The topological polar surface area (TPSA) is 99.8 Å². The van der Waals surface area contributed by atoms with Gasteiger partial charge in [-0.05, 0) is 99.2 Å². The molecule has 1 saturated carbocycles. The van der Waals surface area contributed by atoms with Crippen LogP contribution in [0.3, 0.4) is 0 Å². The van der Waals surface area contributed by atoms with Crippen molar-refractivity contribution in [1.82, 2.24) is 14.8 Å². The Hall–Kier alpha value is -3.21. The highest BCUT2D eigenvalue weighted by Crippen LogP contribution is 2.44. The van der Waals surface area contributed by atoms with E-state index in [0.29, 0.717) is 18.3 Å². The fourth-order valence-corrected chi connectivity index (χ4v) is 8.97. The molecule has 0 bridgehead atoms. The summed E-state index contributed by atoms with van der Waals surface area (Å²) in [6, 6.07) is 13.3. The van der Waals surface area contributed by atoms with Gasteiger partial charge in [-0.25, -0.2) is 9.37 Å². The molecule has 2 aromatic carbocycles. The second-order valence-corrected chi connectivity index (χ2v) is 14.3. The number of thiazole rings is 1. The van der Waals surface area contributed by atoms with Crippen molar-refractivity contribution in [2.45, 2.75) is 83.2 Å². The van der Waals surface area contributed by atoms with Crippen molar-refractivity contribution >= 4 is 23.0 Å². The monoisotopic (exact) mass is 636 g/mol. The van der Waals surface area contributed by atoms with Crippen LogP contribution in [0, 0.1) is 27.8 Å². The van der Waals surface area contributed by atoms with E-state index < -0.39 is 12.0 Å². The van der Waals surface area contributed by atoms with Crippen LogP contribution >= 0.6 is 11.3 Å². The van der Waals surface area contributed by atoms with E-state index in [1.54, 1.807) is 35.6 Å². The van der Waals surface area contributed by atoms with E-state index in [1.165, 1.54) is 16.6 Å². The van der Waals surface area contributed by atoms with Crippen LogP contribution in [0.5, 0.6) is 0 Å². The van der Waals surface area contributed by atoms with Gasteiger partial charge in [0.1, 0.15) is 11.9 Å². The maximum atomic E-state index is 14.3. The van der Waals surface area contributed by atoms with Gasteiger partial charge in [0.05, 0.1) is 15.6 Å². The Labute approximate surface area is 269 Å². The summed E-state index contributed by atoms with van der Waals surface area (Å²) >= 11 is 1.79. The van der Waals surface area contributed by atoms with Crippen molar-refractivity contribution in [3.63, 3.8) is 0 Å². The van der Waals surface area contributed by atoms with Crippen LogP contribution in [0.2, 0.25) is 0 Å². The van der Waals surface area contributed by atoms with E-state index in [4.69, 9.17) is 4.98 Å². The largest absolute Gasteiger partial charge is 0.480 e. The second kappa shape index (κ2) is 14.5. The van der Waals surface area contributed by atoms with Crippen LogP contribution in [-0.4, -0.2) is 69.5 Å². The van der Waals surface area contributed by atoms with Crippen LogP contribution in [0.15, 0.2) is 48.5 Å². The molecule has 0 radical (unpaired) electrons. The number of non-ortho nitro benzene ring substituents is 1. The number of nitrogens with zero attached hydrogens (tertiary/aromatic N) is 4. The molecule has 1 aliphatic carbocycles. The summed E-state index contributed by atoms with van der Waals surface area (Å²) in [4.78, 5) is 33.7. The Morgan fingerprint density at radius 1 is 1.18 bits per heavy atom. The van der Waals surface area contributed by atoms with Crippen molar-refractivity contribution < 1.29 is 19.2 Å². The first-order valence-electron chi connectivity index (χ1n) is 16.2. The maximum absolute atomic E-state index is 14.3. The van der Waals surface area contributed by atoms with Gasteiger partial charge in [-0.2, -0.15) is 0 Å². The van der Waals surface area contributed by atoms with Crippen LogP contribution < -0.4 is 0 Å². The summed E-state index contributed by atoms with van der Waals surface area (Å²) in [5.41, 5.74) is 3.30. The van der Waals surface area contributed by atoms with Crippen molar-refractivity contribution in [2.75, 3.05) is 26.7 Å². The molecular formula is C35H45FN4O4S. The van der Waals surface area contributed by atoms with Gasteiger partial charge in [0.2, 0.25) is 0 Å². The number of aryl methyl sites for hydroxylation is 1. The minimum atomic E-state index is -0.786. The number of hydrogen-bond donors (Lipinski definition) is 1. The minimum Gasteiger partial charge on any atom is -0.480 e. The molecule has 242 valence electrons. The maximum Gasteiger partial charge on any atom is 0.321 e. The fourth-order valence-electron chi connectivity index (χ4n) is 7.61. The van der Waals surface area contributed by atoms with Crippen LogP contribution in [0.4, 0.5) is 10.1 Å². The van der Waals surface area contributed by atoms with E-state index in [0.717, 1.165) is 67.9 Å². The van der Waals surface area contributed by atoms with Gasteiger partial charge in [-0.1, -0.05) is 45.0 Å². The van der Waals surface area contributed by atoms with Gasteiger partial charge < -0.3 is 10.0 Å². The Morgan fingerprint density at radius 3 is 2.49 bits per heavy atom. The summed E-state index contributed by atoms with van der Waals surface area (Å²) in [6.07, 6.45) is 5.40. The molecule has 1 saturated heterocycles. The van der Waals surface area contributed by atoms with Crippen molar-refractivity contribution in [2.24, 2.45) is 11.8 Å². The minimum absolute atomic E-state index is 0.00685. The van der Waals surface area contributed by atoms with Gasteiger partial charge in [-0.3, -0.25) is 19.8 Å². The van der Waals surface area contributed by atoms with Crippen molar-refractivity contribution in [3.05, 3.63) is 91.2 Å².